The number of ether oxygens (including phenoxy) is 1. The summed E-state index contributed by atoms with van der Waals surface area (Å²) in [5.41, 5.74) is 2.88. The quantitative estimate of drug-likeness (QED) is 0.616. The number of pyridine rings is 1. The molecule has 3 heterocycles. The molecule has 1 aromatic rings. The first kappa shape index (κ1) is 12.5. The predicted molar refractivity (Wildman–Crippen MR) is 71.5 cm³/mol. The Morgan fingerprint density at radius 1 is 1.53 bits per heavy atom. The molecule has 0 radical (unpaired) electrons. The lowest BCUT2D eigenvalue weighted by atomic mass is 10.0. The topological polar surface area (TPSA) is 42.4 Å². The SMILES string of the molecule is CC1=C2C(CCCN2Cc2ccc(Cl)nc2)OC1=O. The van der Waals surface area contributed by atoms with E-state index < -0.39 is 0 Å². The summed E-state index contributed by atoms with van der Waals surface area (Å²) in [7, 11) is 0. The monoisotopic (exact) mass is 278 g/mol. The molecule has 100 valence electrons. The Hall–Kier alpha value is -1.55. The van der Waals surface area contributed by atoms with E-state index in [1.807, 2.05) is 13.0 Å². The van der Waals surface area contributed by atoms with Gasteiger partial charge in [0.1, 0.15) is 11.3 Å². The second-order valence-corrected chi connectivity index (χ2v) is 5.34. The molecule has 1 fully saturated rings. The maximum absolute atomic E-state index is 11.6. The molecule has 0 aliphatic carbocycles. The number of halogens is 1. The van der Waals surface area contributed by atoms with Crippen LogP contribution in [0, 0.1) is 0 Å². The van der Waals surface area contributed by atoms with Crippen LogP contribution in [0.15, 0.2) is 29.6 Å². The Balaban J connectivity index is 1.84. The van der Waals surface area contributed by atoms with Crippen LogP contribution in [0.2, 0.25) is 5.15 Å². The summed E-state index contributed by atoms with van der Waals surface area (Å²) < 4.78 is 5.37. The average Bonchev–Trinajstić information content (AvgIpc) is 2.69. The minimum Gasteiger partial charge on any atom is -0.453 e. The van der Waals surface area contributed by atoms with Gasteiger partial charge in [0.2, 0.25) is 0 Å². The van der Waals surface area contributed by atoms with Crippen molar-refractivity contribution in [1.29, 1.82) is 0 Å². The van der Waals surface area contributed by atoms with Gasteiger partial charge in [-0.05, 0) is 31.4 Å². The first-order valence-corrected chi connectivity index (χ1v) is 6.80. The Morgan fingerprint density at radius 2 is 2.37 bits per heavy atom. The zero-order valence-electron chi connectivity index (χ0n) is 10.7. The van der Waals surface area contributed by atoms with E-state index in [2.05, 4.69) is 9.88 Å². The standard InChI is InChI=1S/C14H15ClN2O2/c1-9-13-11(19-14(9)18)3-2-6-17(13)8-10-4-5-12(15)16-7-10/h4-5,7,11H,2-3,6,8H2,1H3. The second kappa shape index (κ2) is 4.85. The first-order valence-electron chi connectivity index (χ1n) is 6.42. The van der Waals surface area contributed by atoms with E-state index in [4.69, 9.17) is 16.3 Å². The van der Waals surface area contributed by atoms with Gasteiger partial charge in [-0.3, -0.25) is 0 Å². The molecule has 19 heavy (non-hydrogen) atoms. The van der Waals surface area contributed by atoms with Gasteiger partial charge >= 0.3 is 5.97 Å². The van der Waals surface area contributed by atoms with Crippen molar-refractivity contribution in [2.75, 3.05) is 6.54 Å². The van der Waals surface area contributed by atoms with E-state index in [0.717, 1.165) is 42.8 Å². The van der Waals surface area contributed by atoms with E-state index >= 15 is 0 Å². The van der Waals surface area contributed by atoms with Crippen molar-refractivity contribution >= 4 is 17.6 Å². The summed E-state index contributed by atoms with van der Waals surface area (Å²) in [6, 6.07) is 3.75. The molecule has 1 saturated heterocycles. The zero-order valence-corrected chi connectivity index (χ0v) is 11.5. The predicted octanol–water partition coefficient (Wildman–Crippen LogP) is 2.53. The van der Waals surface area contributed by atoms with Crippen LogP contribution in [-0.4, -0.2) is 28.5 Å². The fourth-order valence-electron chi connectivity index (χ4n) is 2.73. The van der Waals surface area contributed by atoms with E-state index in [1.54, 1.807) is 12.3 Å². The highest BCUT2D eigenvalue weighted by molar-refractivity contribution is 6.29. The lowest BCUT2D eigenvalue weighted by molar-refractivity contribution is -0.140. The number of rotatable bonds is 2. The van der Waals surface area contributed by atoms with E-state index in [0.29, 0.717) is 5.15 Å². The van der Waals surface area contributed by atoms with Crippen LogP contribution in [0.25, 0.3) is 0 Å². The molecule has 1 unspecified atom stereocenters. The fourth-order valence-corrected chi connectivity index (χ4v) is 2.84. The van der Waals surface area contributed by atoms with Gasteiger partial charge in [-0.2, -0.15) is 0 Å². The summed E-state index contributed by atoms with van der Waals surface area (Å²) in [6.07, 6.45) is 3.68. The number of esters is 1. The number of carbonyl (C=O) groups excluding carboxylic acids is 1. The normalized spacial score (nSPS) is 22.5. The number of piperidine rings is 1. The smallest absolute Gasteiger partial charge is 0.336 e. The van der Waals surface area contributed by atoms with Crippen LogP contribution in [0.1, 0.15) is 25.3 Å². The number of hydrogen-bond donors (Lipinski definition) is 0. The molecule has 0 aromatic carbocycles. The molecule has 2 aliphatic rings. The van der Waals surface area contributed by atoms with Gasteiger partial charge < -0.3 is 9.64 Å². The van der Waals surface area contributed by atoms with Crippen molar-refractivity contribution in [2.45, 2.75) is 32.4 Å². The number of aromatic nitrogens is 1. The summed E-state index contributed by atoms with van der Waals surface area (Å²) in [5.74, 6) is -0.180. The average molecular weight is 279 g/mol. The highest BCUT2D eigenvalue weighted by Crippen LogP contribution is 2.33. The van der Waals surface area contributed by atoms with Gasteiger partial charge in [0, 0.05) is 19.3 Å². The molecule has 1 aromatic heterocycles. The van der Waals surface area contributed by atoms with Crippen LogP contribution >= 0.6 is 11.6 Å². The number of hydrogen-bond acceptors (Lipinski definition) is 4. The summed E-state index contributed by atoms with van der Waals surface area (Å²) >= 11 is 5.79. The van der Waals surface area contributed by atoms with Crippen molar-refractivity contribution in [3.05, 3.63) is 40.3 Å². The fraction of sp³-hybridized carbons (Fsp3) is 0.429. The molecular formula is C14H15ClN2O2. The Morgan fingerprint density at radius 3 is 3.11 bits per heavy atom. The molecular weight excluding hydrogens is 264 g/mol. The summed E-state index contributed by atoms with van der Waals surface area (Å²) in [6.45, 7) is 3.53. The molecule has 0 spiro atoms. The molecule has 5 heteroatoms. The van der Waals surface area contributed by atoms with Crippen molar-refractivity contribution in [3.8, 4) is 0 Å². The Labute approximate surface area is 117 Å². The number of nitrogens with zero attached hydrogens (tertiary/aromatic N) is 2. The molecule has 0 N–H and O–H groups in total. The van der Waals surface area contributed by atoms with Crippen molar-refractivity contribution in [2.24, 2.45) is 0 Å². The minimum atomic E-state index is -0.180. The molecule has 1 atom stereocenters. The van der Waals surface area contributed by atoms with Crippen LogP contribution in [0.5, 0.6) is 0 Å². The molecule has 4 nitrogen and oxygen atoms in total. The third-order valence-corrected chi connectivity index (χ3v) is 3.87. The van der Waals surface area contributed by atoms with E-state index in [-0.39, 0.29) is 12.1 Å². The zero-order chi connectivity index (χ0) is 13.4. The number of carbonyl (C=O) groups is 1. The van der Waals surface area contributed by atoms with Gasteiger partial charge in [0.25, 0.3) is 0 Å². The third kappa shape index (κ3) is 2.32. The maximum atomic E-state index is 11.6. The highest BCUT2D eigenvalue weighted by atomic mass is 35.5. The van der Waals surface area contributed by atoms with Gasteiger partial charge in [-0.25, -0.2) is 9.78 Å². The van der Waals surface area contributed by atoms with Gasteiger partial charge in [0.05, 0.1) is 11.3 Å². The molecule has 0 bridgehead atoms. The van der Waals surface area contributed by atoms with Crippen LogP contribution in [0.3, 0.4) is 0 Å². The van der Waals surface area contributed by atoms with Crippen molar-refractivity contribution < 1.29 is 9.53 Å². The maximum Gasteiger partial charge on any atom is 0.336 e. The summed E-state index contributed by atoms with van der Waals surface area (Å²) in [4.78, 5) is 18.0. The van der Waals surface area contributed by atoms with Crippen LogP contribution in [-0.2, 0) is 16.1 Å². The van der Waals surface area contributed by atoms with Gasteiger partial charge in [-0.15, -0.1) is 0 Å². The molecule has 3 rings (SSSR count). The molecule has 2 aliphatic heterocycles. The molecule has 0 saturated carbocycles. The van der Waals surface area contributed by atoms with Crippen LogP contribution < -0.4 is 0 Å². The van der Waals surface area contributed by atoms with Gasteiger partial charge in [-0.1, -0.05) is 17.7 Å². The van der Waals surface area contributed by atoms with E-state index in [1.165, 1.54) is 0 Å². The molecule has 0 amide bonds. The van der Waals surface area contributed by atoms with Gasteiger partial charge in [0.15, 0.2) is 0 Å². The van der Waals surface area contributed by atoms with E-state index in [9.17, 15) is 4.79 Å². The largest absolute Gasteiger partial charge is 0.453 e. The lowest BCUT2D eigenvalue weighted by Gasteiger charge is -2.33. The van der Waals surface area contributed by atoms with Crippen molar-refractivity contribution in [3.63, 3.8) is 0 Å². The number of fused-ring (bicyclic) bond motifs is 1. The van der Waals surface area contributed by atoms with Crippen molar-refractivity contribution in [1.82, 2.24) is 9.88 Å². The highest BCUT2D eigenvalue weighted by Gasteiger charge is 2.37. The Bertz CT molecular complexity index is 539. The van der Waals surface area contributed by atoms with Crippen LogP contribution in [0.4, 0.5) is 0 Å². The first-order chi connectivity index (χ1) is 9.15. The third-order valence-electron chi connectivity index (χ3n) is 3.64. The summed E-state index contributed by atoms with van der Waals surface area (Å²) in [5, 5.41) is 0.495. The minimum absolute atomic E-state index is 0.0542. The lowest BCUT2D eigenvalue weighted by Crippen LogP contribution is -2.34. The Kier molecular flexibility index (Phi) is 3.19. The number of likely N-dealkylation sites (tertiary alicyclic amines) is 1. The second-order valence-electron chi connectivity index (χ2n) is 4.96.